The molecule has 0 aliphatic carbocycles. The summed E-state index contributed by atoms with van der Waals surface area (Å²) in [5, 5.41) is 0. The predicted octanol–water partition coefficient (Wildman–Crippen LogP) is 3.19. The standard InChI is InChI=1S/C18H26NO3/c19-14-17(20)12-8-3-1-2-4-9-13-18(21)22-15-16-10-6-5-7-11-16/h5-7,10-11,13H,1-4,8-9,12,14-15,19H2. The number of rotatable bonds is 12. The Morgan fingerprint density at radius 1 is 1.00 bits per heavy atom. The molecule has 0 spiro atoms. The van der Waals surface area contributed by atoms with E-state index in [0.29, 0.717) is 13.0 Å². The van der Waals surface area contributed by atoms with Crippen molar-refractivity contribution >= 4 is 11.8 Å². The van der Waals surface area contributed by atoms with Crippen molar-refractivity contribution in [3.63, 3.8) is 0 Å². The van der Waals surface area contributed by atoms with Crippen molar-refractivity contribution in [3.8, 4) is 0 Å². The van der Waals surface area contributed by atoms with Crippen LogP contribution in [0.3, 0.4) is 0 Å². The van der Waals surface area contributed by atoms with Gasteiger partial charge in [0.2, 0.25) is 0 Å². The van der Waals surface area contributed by atoms with Gasteiger partial charge < -0.3 is 10.5 Å². The maximum atomic E-state index is 11.5. The van der Waals surface area contributed by atoms with Crippen LogP contribution in [0.2, 0.25) is 0 Å². The maximum Gasteiger partial charge on any atom is 0.310 e. The van der Waals surface area contributed by atoms with Gasteiger partial charge in [0.05, 0.1) is 13.0 Å². The van der Waals surface area contributed by atoms with Crippen LogP contribution in [0.5, 0.6) is 0 Å². The molecule has 2 N–H and O–H groups in total. The van der Waals surface area contributed by atoms with Gasteiger partial charge in [-0.25, -0.2) is 0 Å². The molecule has 1 aromatic rings. The van der Waals surface area contributed by atoms with E-state index in [4.69, 9.17) is 10.5 Å². The molecule has 0 saturated carbocycles. The first-order chi connectivity index (χ1) is 10.7. The second kappa shape index (κ2) is 11.9. The molecule has 1 aromatic carbocycles. The Bertz CT molecular complexity index is 431. The van der Waals surface area contributed by atoms with E-state index < -0.39 is 0 Å². The molecule has 0 aliphatic heterocycles. The Hall–Kier alpha value is -1.68. The minimum Gasteiger partial charge on any atom is -0.461 e. The van der Waals surface area contributed by atoms with Crippen LogP contribution in [-0.2, 0) is 20.9 Å². The minimum atomic E-state index is -0.252. The topological polar surface area (TPSA) is 69.4 Å². The second-order valence-electron chi connectivity index (χ2n) is 5.35. The molecule has 0 aromatic heterocycles. The van der Waals surface area contributed by atoms with Gasteiger partial charge in [-0.2, -0.15) is 0 Å². The largest absolute Gasteiger partial charge is 0.461 e. The number of carbonyl (C=O) groups is 2. The highest BCUT2D eigenvalue weighted by molar-refractivity contribution is 5.80. The molecule has 0 heterocycles. The van der Waals surface area contributed by atoms with Crippen molar-refractivity contribution in [1.82, 2.24) is 0 Å². The van der Waals surface area contributed by atoms with E-state index in [9.17, 15) is 9.59 Å². The predicted molar refractivity (Wildman–Crippen MR) is 86.9 cm³/mol. The van der Waals surface area contributed by atoms with Gasteiger partial charge in [-0.3, -0.25) is 9.59 Å². The SMILES string of the molecule is NCC(=O)CCCCCCC[CH]C(=O)OCc1ccccc1. The number of ether oxygens (including phenoxy) is 1. The van der Waals surface area contributed by atoms with Crippen molar-refractivity contribution in [2.24, 2.45) is 5.73 Å². The van der Waals surface area contributed by atoms with Gasteiger partial charge in [0, 0.05) is 6.42 Å². The fraction of sp³-hybridized carbons (Fsp3) is 0.500. The summed E-state index contributed by atoms with van der Waals surface area (Å²) in [4.78, 5) is 22.5. The van der Waals surface area contributed by atoms with Crippen molar-refractivity contribution < 1.29 is 14.3 Å². The number of ketones is 1. The highest BCUT2D eigenvalue weighted by Gasteiger charge is 2.04. The Kier molecular flexibility index (Phi) is 9.96. The van der Waals surface area contributed by atoms with Crippen molar-refractivity contribution in [2.75, 3.05) is 6.54 Å². The van der Waals surface area contributed by atoms with E-state index in [-0.39, 0.29) is 18.3 Å². The van der Waals surface area contributed by atoms with E-state index in [2.05, 4.69) is 0 Å². The van der Waals surface area contributed by atoms with Gasteiger partial charge in [0.25, 0.3) is 0 Å². The second-order valence-corrected chi connectivity index (χ2v) is 5.35. The fourth-order valence-electron chi connectivity index (χ4n) is 2.11. The fourth-order valence-corrected chi connectivity index (χ4v) is 2.11. The van der Waals surface area contributed by atoms with Gasteiger partial charge in [-0.05, 0) is 18.4 Å². The summed E-state index contributed by atoms with van der Waals surface area (Å²) >= 11 is 0. The highest BCUT2D eigenvalue weighted by atomic mass is 16.5. The lowest BCUT2D eigenvalue weighted by molar-refractivity contribution is -0.141. The van der Waals surface area contributed by atoms with Crippen LogP contribution >= 0.6 is 0 Å². The zero-order chi connectivity index (χ0) is 16.0. The summed E-state index contributed by atoms with van der Waals surface area (Å²) in [6.07, 6.45) is 8.04. The van der Waals surface area contributed by atoms with Crippen molar-refractivity contribution in [2.45, 2.75) is 51.6 Å². The average molecular weight is 304 g/mol. The van der Waals surface area contributed by atoms with Gasteiger partial charge in [0.15, 0.2) is 0 Å². The van der Waals surface area contributed by atoms with Gasteiger partial charge in [0.1, 0.15) is 12.4 Å². The van der Waals surface area contributed by atoms with Crippen molar-refractivity contribution in [1.29, 1.82) is 0 Å². The molecule has 121 valence electrons. The molecule has 0 amide bonds. The van der Waals surface area contributed by atoms with Crippen molar-refractivity contribution in [3.05, 3.63) is 42.3 Å². The number of carbonyl (C=O) groups excluding carboxylic acids is 2. The zero-order valence-corrected chi connectivity index (χ0v) is 13.1. The van der Waals surface area contributed by atoms with E-state index in [0.717, 1.165) is 44.1 Å². The quantitative estimate of drug-likeness (QED) is 0.475. The summed E-state index contributed by atoms with van der Waals surface area (Å²) in [6.45, 7) is 0.478. The maximum absolute atomic E-state index is 11.5. The zero-order valence-electron chi connectivity index (χ0n) is 13.1. The first-order valence-electron chi connectivity index (χ1n) is 7.98. The molecule has 0 fully saturated rings. The number of hydrogen-bond donors (Lipinski definition) is 1. The van der Waals surface area contributed by atoms with Gasteiger partial charge >= 0.3 is 5.97 Å². The Morgan fingerprint density at radius 3 is 2.41 bits per heavy atom. The van der Waals surface area contributed by atoms with E-state index in [1.807, 2.05) is 30.3 Å². The first-order valence-corrected chi connectivity index (χ1v) is 7.98. The molecule has 0 aliphatic rings. The van der Waals surface area contributed by atoms with Crippen LogP contribution in [0.25, 0.3) is 0 Å². The molecule has 0 unspecified atom stereocenters. The third kappa shape index (κ3) is 9.29. The summed E-state index contributed by atoms with van der Waals surface area (Å²) in [5.74, 6) is -0.119. The monoisotopic (exact) mass is 304 g/mol. The molecular formula is C18H26NO3. The van der Waals surface area contributed by atoms with Crippen LogP contribution < -0.4 is 5.73 Å². The molecule has 0 saturated heterocycles. The Labute approximate surface area is 133 Å². The molecule has 0 bridgehead atoms. The Balaban J connectivity index is 1.92. The summed E-state index contributed by atoms with van der Waals surface area (Å²) in [7, 11) is 0. The van der Waals surface area contributed by atoms with Crippen LogP contribution in [0.1, 0.15) is 50.5 Å². The van der Waals surface area contributed by atoms with Crippen LogP contribution in [-0.4, -0.2) is 18.3 Å². The van der Waals surface area contributed by atoms with Crippen LogP contribution in [0.4, 0.5) is 0 Å². The smallest absolute Gasteiger partial charge is 0.310 e. The van der Waals surface area contributed by atoms with E-state index >= 15 is 0 Å². The normalized spacial score (nSPS) is 10.4. The third-order valence-electron chi connectivity index (χ3n) is 3.42. The highest BCUT2D eigenvalue weighted by Crippen LogP contribution is 2.09. The van der Waals surface area contributed by atoms with Crippen LogP contribution in [0.15, 0.2) is 30.3 Å². The molecule has 0 atom stereocenters. The molecule has 22 heavy (non-hydrogen) atoms. The molecule has 4 nitrogen and oxygen atoms in total. The molecular weight excluding hydrogens is 278 g/mol. The van der Waals surface area contributed by atoms with Gasteiger partial charge in [-0.15, -0.1) is 0 Å². The molecule has 4 heteroatoms. The number of nitrogens with two attached hydrogens (primary N) is 1. The van der Waals surface area contributed by atoms with E-state index in [1.54, 1.807) is 6.42 Å². The minimum absolute atomic E-state index is 0.134. The van der Waals surface area contributed by atoms with Crippen LogP contribution in [0, 0.1) is 6.42 Å². The lowest BCUT2D eigenvalue weighted by Crippen LogP contribution is -2.12. The number of hydrogen-bond acceptors (Lipinski definition) is 4. The summed E-state index contributed by atoms with van der Waals surface area (Å²) in [5.41, 5.74) is 6.24. The number of Topliss-reactive ketones (excluding diaryl/α,β-unsaturated/α-hetero) is 1. The van der Waals surface area contributed by atoms with Gasteiger partial charge in [-0.1, -0.05) is 56.0 Å². The summed E-state index contributed by atoms with van der Waals surface area (Å²) in [6, 6.07) is 9.65. The summed E-state index contributed by atoms with van der Waals surface area (Å²) < 4.78 is 5.17. The van der Waals surface area contributed by atoms with E-state index in [1.165, 1.54) is 0 Å². The lowest BCUT2D eigenvalue weighted by atomic mass is 10.1. The average Bonchev–Trinajstić information content (AvgIpc) is 2.56. The Morgan fingerprint density at radius 2 is 1.68 bits per heavy atom. The number of benzene rings is 1. The molecule has 1 radical (unpaired) electrons. The first kappa shape index (κ1) is 18.4. The number of esters is 1. The molecule has 1 rings (SSSR count). The number of unbranched alkanes of at least 4 members (excludes halogenated alkanes) is 5. The lowest BCUT2D eigenvalue weighted by Gasteiger charge is -2.04. The third-order valence-corrected chi connectivity index (χ3v) is 3.42.